The van der Waals surface area contributed by atoms with Crippen LogP contribution in [-0.4, -0.2) is 18.6 Å². The van der Waals surface area contributed by atoms with Crippen LogP contribution in [0.4, 0.5) is 5.69 Å². The SMILES string of the molecule is CC(NCc1ccc2c(c1)CCN2C)c1nccs1. The molecular weight excluding hydrogens is 254 g/mol. The Morgan fingerprint density at radius 2 is 2.37 bits per heavy atom. The lowest BCUT2D eigenvalue weighted by molar-refractivity contribution is 0.571. The summed E-state index contributed by atoms with van der Waals surface area (Å²) in [6.45, 7) is 4.21. The van der Waals surface area contributed by atoms with E-state index < -0.39 is 0 Å². The van der Waals surface area contributed by atoms with Gasteiger partial charge in [-0.15, -0.1) is 11.3 Å². The van der Waals surface area contributed by atoms with Gasteiger partial charge in [-0.25, -0.2) is 4.98 Å². The summed E-state index contributed by atoms with van der Waals surface area (Å²) in [6, 6.07) is 7.12. The number of hydrogen-bond donors (Lipinski definition) is 1. The molecule has 1 unspecified atom stereocenters. The highest BCUT2D eigenvalue weighted by Gasteiger charge is 2.15. The molecule has 1 atom stereocenters. The lowest BCUT2D eigenvalue weighted by atomic mass is 10.1. The quantitative estimate of drug-likeness (QED) is 0.928. The van der Waals surface area contributed by atoms with Crippen molar-refractivity contribution in [3.63, 3.8) is 0 Å². The minimum atomic E-state index is 0.316. The van der Waals surface area contributed by atoms with Crippen molar-refractivity contribution < 1.29 is 0 Å². The standard InChI is InChI=1S/C15H19N3S/c1-11(15-16-6-8-19-15)17-10-12-3-4-14-13(9-12)5-7-18(14)2/h3-4,6,8-9,11,17H,5,7,10H2,1-2H3. The average molecular weight is 273 g/mol. The molecule has 2 aromatic rings. The van der Waals surface area contributed by atoms with Gasteiger partial charge in [0.05, 0.1) is 6.04 Å². The van der Waals surface area contributed by atoms with Gasteiger partial charge >= 0.3 is 0 Å². The molecule has 1 aliphatic heterocycles. The Bertz CT molecular complexity index is 551. The number of nitrogens with zero attached hydrogens (tertiary/aromatic N) is 2. The zero-order valence-corrected chi connectivity index (χ0v) is 12.2. The normalized spacial score (nSPS) is 15.6. The van der Waals surface area contributed by atoms with Gasteiger partial charge in [-0.1, -0.05) is 12.1 Å². The average Bonchev–Trinajstić information content (AvgIpc) is 3.06. The van der Waals surface area contributed by atoms with E-state index in [0.717, 1.165) is 18.1 Å². The molecule has 19 heavy (non-hydrogen) atoms. The Labute approximate surface area is 118 Å². The van der Waals surface area contributed by atoms with E-state index in [0.29, 0.717) is 6.04 Å². The first-order valence-electron chi connectivity index (χ1n) is 6.70. The van der Waals surface area contributed by atoms with Crippen LogP contribution in [0.2, 0.25) is 0 Å². The number of aromatic nitrogens is 1. The van der Waals surface area contributed by atoms with Gasteiger partial charge in [-0.05, 0) is 30.5 Å². The first kappa shape index (κ1) is 12.6. The lowest BCUT2D eigenvalue weighted by Crippen LogP contribution is -2.18. The number of likely N-dealkylation sites (N-methyl/N-ethyl adjacent to an activating group) is 1. The van der Waals surface area contributed by atoms with E-state index in [9.17, 15) is 0 Å². The maximum Gasteiger partial charge on any atom is 0.109 e. The number of nitrogens with one attached hydrogen (secondary N) is 1. The van der Waals surface area contributed by atoms with E-state index in [1.54, 1.807) is 11.3 Å². The van der Waals surface area contributed by atoms with Crippen molar-refractivity contribution in [2.45, 2.75) is 25.9 Å². The molecule has 1 N–H and O–H groups in total. The number of hydrogen-bond acceptors (Lipinski definition) is 4. The van der Waals surface area contributed by atoms with E-state index in [1.165, 1.54) is 23.2 Å². The van der Waals surface area contributed by atoms with Gasteiger partial charge in [0.2, 0.25) is 0 Å². The molecule has 0 spiro atoms. The highest BCUT2D eigenvalue weighted by molar-refractivity contribution is 7.09. The van der Waals surface area contributed by atoms with Crippen LogP contribution in [0.5, 0.6) is 0 Å². The smallest absolute Gasteiger partial charge is 0.109 e. The fourth-order valence-corrected chi connectivity index (χ4v) is 3.21. The summed E-state index contributed by atoms with van der Waals surface area (Å²) in [6.07, 6.45) is 3.03. The Kier molecular flexibility index (Phi) is 3.53. The molecule has 1 aliphatic rings. The zero-order valence-electron chi connectivity index (χ0n) is 11.4. The zero-order chi connectivity index (χ0) is 13.2. The molecule has 0 fully saturated rings. The van der Waals surface area contributed by atoms with Crippen LogP contribution in [0.25, 0.3) is 0 Å². The van der Waals surface area contributed by atoms with Crippen LogP contribution in [0.15, 0.2) is 29.8 Å². The minimum Gasteiger partial charge on any atom is -0.374 e. The number of anilines is 1. The third-order valence-corrected chi connectivity index (χ3v) is 4.66. The van der Waals surface area contributed by atoms with Gasteiger partial charge in [-0.3, -0.25) is 0 Å². The van der Waals surface area contributed by atoms with Crippen LogP contribution < -0.4 is 10.2 Å². The summed E-state index contributed by atoms with van der Waals surface area (Å²) < 4.78 is 0. The van der Waals surface area contributed by atoms with Crippen LogP contribution in [0, 0.1) is 0 Å². The largest absolute Gasteiger partial charge is 0.374 e. The molecular formula is C15H19N3S. The van der Waals surface area contributed by atoms with Gasteiger partial charge in [0.15, 0.2) is 0 Å². The third-order valence-electron chi connectivity index (χ3n) is 3.71. The van der Waals surface area contributed by atoms with Crippen LogP contribution in [0.3, 0.4) is 0 Å². The molecule has 0 saturated heterocycles. The Balaban J connectivity index is 1.65. The number of thiazole rings is 1. The molecule has 0 radical (unpaired) electrons. The van der Waals surface area contributed by atoms with E-state index in [1.807, 2.05) is 11.6 Å². The maximum atomic E-state index is 4.35. The monoisotopic (exact) mass is 273 g/mol. The van der Waals surface area contributed by atoms with Crippen molar-refractivity contribution in [3.05, 3.63) is 45.9 Å². The molecule has 0 amide bonds. The van der Waals surface area contributed by atoms with Crippen LogP contribution in [-0.2, 0) is 13.0 Å². The second kappa shape index (κ2) is 5.31. The lowest BCUT2D eigenvalue weighted by Gasteiger charge is -2.14. The van der Waals surface area contributed by atoms with Crippen LogP contribution >= 0.6 is 11.3 Å². The Hall–Kier alpha value is -1.39. The molecule has 0 saturated carbocycles. The summed E-state index contributed by atoms with van der Waals surface area (Å²) >= 11 is 1.71. The topological polar surface area (TPSA) is 28.2 Å². The number of fused-ring (bicyclic) bond motifs is 1. The Morgan fingerprint density at radius 3 is 3.16 bits per heavy atom. The number of rotatable bonds is 4. The third kappa shape index (κ3) is 2.65. The first-order chi connectivity index (χ1) is 9.24. The van der Waals surface area contributed by atoms with Gasteiger partial charge < -0.3 is 10.2 Å². The van der Waals surface area contributed by atoms with Crippen molar-refractivity contribution in [1.82, 2.24) is 10.3 Å². The summed E-state index contributed by atoms with van der Waals surface area (Å²) in [5, 5.41) is 6.72. The highest BCUT2D eigenvalue weighted by atomic mass is 32.1. The molecule has 100 valence electrons. The van der Waals surface area contributed by atoms with Crippen molar-refractivity contribution >= 4 is 17.0 Å². The molecule has 3 rings (SSSR count). The van der Waals surface area contributed by atoms with E-state index in [2.05, 4.69) is 47.4 Å². The Morgan fingerprint density at radius 1 is 1.47 bits per heavy atom. The van der Waals surface area contributed by atoms with Crippen molar-refractivity contribution in [2.75, 3.05) is 18.5 Å². The van der Waals surface area contributed by atoms with Crippen LogP contribution in [0.1, 0.15) is 29.1 Å². The van der Waals surface area contributed by atoms with Crippen molar-refractivity contribution in [1.29, 1.82) is 0 Å². The highest BCUT2D eigenvalue weighted by Crippen LogP contribution is 2.27. The summed E-state index contributed by atoms with van der Waals surface area (Å²) in [5.41, 5.74) is 4.22. The summed E-state index contributed by atoms with van der Waals surface area (Å²) in [4.78, 5) is 6.67. The fraction of sp³-hybridized carbons (Fsp3) is 0.400. The molecule has 0 aliphatic carbocycles. The minimum absolute atomic E-state index is 0.316. The molecule has 1 aromatic heterocycles. The van der Waals surface area contributed by atoms with Gasteiger partial charge in [-0.2, -0.15) is 0 Å². The molecule has 3 nitrogen and oxygen atoms in total. The number of benzene rings is 1. The maximum absolute atomic E-state index is 4.35. The second-order valence-electron chi connectivity index (χ2n) is 5.11. The van der Waals surface area contributed by atoms with E-state index in [-0.39, 0.29) is 0 Å². The van der Waals surface area contributed by atoms with Gasteiger partial charge in [0.1, 0.15) is 5.01 Å². The second-order valence-corrected chi connectivity index (χ2v) is 6.03. The fourth-order valence-electron chi connectivity index (χ4n) is 2.54. The van der Waals surface area contributed by atoms with Gasteiger partial charge in [0.25, 0.3) is 0 Å². The van der Waals surface area contributed by atoms with E-state index >= 15 is 0 Å². The molecule has 2 heterocycles. The molecule has 4 heteroatoms. The molecule has 1 aromatic carbocycles. The van der Waals surface area contributed by atoms with Gasteiger partial charge in [0, 0.05) is 37.4 Å². The van der Waals surface area contributed by atoms with Crippen molar-refractivity contribution in [3.8, 4) is 0 Å². The summed E-state index contributed by atoms with van der Waals surface area (Å²) in [7, 11) is 2.16. The molecule has 0 bridgehead atoms. The predicted molar refractivity (Wildman–Crippen MR) is 80.8 cm³/mol. The predicted octanol–water partition coefficient (Wildman–Crippen LogP) is 2.99. The van der Waals surface area contributed by atoms with Crippen molar-refractivity contribution in [2.24, 2.45) is 0 Å². The first-order valence-corrected chi connectivity index (χ1v) is 7.58. The van der Waals surface area contributed by atoms with E-state index in [4.69, 9.17) is 0 Å². The summed E-state index contributed by atoms with van der Waals surface area (Å²) in [5.74, 6) is 0.